The van der Waals surface area contributed by atoms with Gasteiger partial charge in [-0.3, -0.25) is 4.79 Å². The highest BCUT2D eigenvalue weighted by molar-refractivity contribution is 7.89. The van der Waals surface area contributed by atoms with Crippen molar-refractivity contribution in [3.8, 4) is 5.75 Å². The Balaban J connectivity index is 2.18. The van der Waals surface area contributed by atoms with E-state index in [0.717, 1.165) is 0 Å². The molecule has 0 bridgehead atoms. The number of sulfonamides is 1. The molecule has 0 saturated heterocycles. The number of alkyl halides is 1. The molecule has 2 aromatic rings. The average molecular weight is 366 g/mol. The molecule has 0 unspecified atom stereocenters. The van der Waals surface area contributed by atoms with Crippen molar-refractivity contribution in [3.05, 3.63) is 59.7 Å². The Kier molecular flexibility index (Phi) is 6.11. The number of amides is 1. The fraction of sp³-hybridized carbons (Fsp3) is 0.235. The second-order valence-electron chi connectivity index (χ2n) is 5.41. The second kappa shape index (κ2) is 8.09. The van der Waals surface area contributed by atoms with Gasteiger partial charge in [0.05, 0.1) is 4.90 Å². The minimum absolute atomic E-state index is 0.0639. The normalized spacial score (nSPS) is 12.6. The maximum Gasteiger partial charge on any atom is 0.251 e. The third kappa shape index (κ3) is 5.01. The molecule has 0 heterocycles. The van der Waals surface area contributed by atoms with Crippen molar-refractivity contribution >= 4 is 15.9 Å². The van der Waals surface area contributed by atoms with Crippen LogP contribution >= 0.6 is 0 Å². The third-order valence-corrected chi connectivity index (χ3v) is 5.05. The molecule has 1 atom stereocenters. The minimum Gasteiger partial charge on any atom is -0.508 e. The number of hydrogen-bond donors (Lipinski definition) is 3. The third-order valence-electron chi connectivity index (χ3n) is 3.51. The van der Waals surface area contributed by atoms with Gasteiger partial charge in [-0.25, -0.2) is 17.5 Å². The number of carbonyl (C=O) groups is 1. The highest BCUT2D eigenvalue weighted by Crippen LogP contribution is 2.20. The van der Waals surface area contributed by atoms with E-state index in [1.807, 2.05) is 0 Å². The molecule has 2 rings (SSSR count). The predicted octanol–water partition coefficient (Wildman–Crippen LogP) is 2.13. The molecule has 25 heavy (non-hydrogen) atoms. The van der Waals surface area contributed by atoms with Crippen molar-refractivity contribution in [1.82, 2.24) is 10.0 Å². The van der Waals surface area contributed by atoms with Gasteiger partial charge in [-0.1, -0.05) is 18.2 Å². The molecular formula is C17H19FN2O4S. The van der Waals surface area contributed by atoms with E-state index in [-0.39, 0.29) is 22.8 Å². The van der Waals surface area contributed by atoms with Crippen LogP contribution in [0.25, 0.3) is 0 Å². The van der Waals surface area contributed by atoms with Crippen molar-refractivity contribution in [2.24, 2.45) is 0 Å². The van der Waals surface area contributed by atoms with Gasteiger partial charge < -0.3 is 10.4 Å². The van der Waals surface area contributed by atoms with Gasteiger partial charge in [0, 0.05) is 18.2 Å². The summed E-state index contributed by atoms with van der Waals surface area (Å²) in [5, 5.41) is 11.6. The summed E-state index contributed by atoms with van der Waals surface area (Å²) in [5.41, 5.74) is 0.812. The van der Waals surface area contributed by atoms with Crippen molar-refractivity contribution in [2.75, 3.05) is 13.2 Å². The van der Waals surface area contributed by atoms with Crippen LogP contribution in [0, 0.1) is 0 Å². The summed E-state index contributed by atoms with van der Waals surface area (Å²) >= 11 is 0. The molecule has 134 valence electrons. The zero-order valence-corrected chi connectivity index (χ0v) is 14.4. The lowest BCUT2D eigenvalue weighted by molar-refractivity contribution is 0.0950. The van der Waals surface area contributed by atoms with Crippen molar-refractivity contribution < 1.29 is 22.7 Å². The Morgan fingerprint density at radius 3 is 2.52 bits per heavy atom. The fourth-order valence-corrected chi connectivity index (χ4v) is 3.48. The molecule has 0 aliphatic carbocycles. The largest absolute Gasteiger partial charge is 0.508 e. The van der Waals surface area contributed by atoms with Gasteiger partial charge in [-0.15, -0.1) is 0 Å². The monoisotopic (exact) mass is 366 g/mol. The van der Waals surface area contributed by atoms with Gasteiger partial charge >= 0.3 is 0 Å². The molecule has 0 aromatic heterocycles. The van der Waals surface area contributed by atoms with Gasteiger partial charge in [0.1, 0.15) is 12.4 Å². The van der Waals surface area contributed by atoms with Gasteiger partial charge in [0.2, 0.25) is 10.0 Å². The SMILES string of the molecule is C[C@@H](NS(=O)(=O)c1cccc(C(=O)NCCF)c1)c1ccc(O)cc1. The summed E-state index contributed by atoms with van der Waals surface area (Å²) in [6.07, 6.45) is 0. The van der Waals surface area contributed by atoms with Crippen LogP contribution in [0.15, 0.2) is 53.4 Å². The molecule has 0 saturated carbocycles. The van der Waals surface area contributed by atoms with E-state index >= 15 is 0 Å². The standard InChI is InChI=1S/C17H19FN2O4S/c1-12(13-5-7-15(21)8-6-13)20-25(23,24)16-4-2-3-14(11-16)17(22)19-10-9-18/h2-8,11-12,20-21H,9-10H2,1H3,(H,19,22)/t12-/m1/s1. The lowest BCUT2D eigenvalue weighted by Gasteiger charge is -2.15. The fourth-order valence-electron chi connectivity index (χ4n) is 2.20. The summed E-state index contributed by atoms with van der Waals surface area (Å²) < 4.78 is 39.7. The van der Waals surface area contributed by atoms with Crippen molar-refractivity contribution in [3.63, 3.8) is 0 Å². The Hall–Kier alpha value is -2.45. The molecule has 2 aromatic carbocycles. The van der Waals surface area contributed by atoms with Crippen LogP contribution in [0.2, 0.25) is 0 Å². The molecule has 1 amide bonds. The van der Waals surface area contributed by atoms with Crippen LogP contribution in [0.5, 0.6) is 5.75 Å². The van der Waals surface area contributed by atoms with Gasteiger partial charge in [0.15, 0.2) is 0 Å². The first-order valence-corrected chi connectivity index (χ1v) is 9.07. The van der Waals surface area contributed by atoms with E-state index in [1.165, 1.54) is 36.4 Å². The molecule has 0 fully saturated rings. The number of aromatic hydroxyl groups is 1. The second-order valence-corrected chi connectivity index (χ2v) is 7.12. The minimum atomic E-state index is -3.86. The van der Waals surface area contributed by atoms with Crippen LogP contribution in [-0.4, -0.2) is 32.7 Å². The number of halogens is 1. The topological polar surface area (TPSA) is 95.5 Å². The first kappa shape index (κ1) is 18.9. The van der Waals surface area contributed by atoms with E-state index < -0.39 is 28.6 Å². The molecule has 0 spiro atoms. The number of hydrogen-bond acceptors (Lipinski definition) is 4. The predicted molar refractivity (Wildman–Crippen MR) is 91.6 cm³/mol. The number of rotatable bonds is 7. The number of phenols is 1. The number of phenolic OH excluding ortho intramolecular Hbond substituents is 1. The molecule has 0 aliphatic heterocycles. The van der Waals surface area contributed by atoms with E-state index in [2.05, 4.69) is 10.0 Å². The average Bonchev–Trinajstić information content (AvgIpc) is 2.60. The maximum atomic E-state index is 12.5. The summed E-state index contributed by atoms with van der Waals surface area (Å²) in [5.74, 6) is -0.452. The Morgan fingerprint density at radius 2 is 1.88 bits per heavy atom. The molecule has 3 N–H and O–H groups in total. The quantitative estimate of drug-likeness (QED) is 0.699. The number of benzene rings is 2. The van der Waals surface area contributed by atoms with Gasteiger partial charge in [0.25, 0.3) is 5.91 Å². The van der Waals surface area contributed by atoms with Gasteiger partial charge in [-0.2, -0.15) is 0 Å². The van der Waals surface area contributed by atoms with E-state index in [9.17, 15) is 22.7 Å². The highest BCUT2D eigenvalue weighted by atomic mass is 32.2. The highest BCUT2D eigenvalue weighted by Gasteiger charge is 2.19. The van der Waals surface area contributed by atoms with E-state index in [0.29, 0.717) is 5.56 Å². The lowest BCUT2D eigenvalue weighted by atomic mass is 10.1. The summed E-state index contributed by atoms with van der Waals surface area (Å²) in [6.45, 7) is 0.836. The molecule has 0 radical (unpaired) electrons. The number of nitrogens with one attached hydrogen (secondary N) is 2. The van der Waals surface area contributed by atoms with E-state index in [4.69, 9.17) is 0 Å². The molecule has 8 heteroatoms. The Labute approximate surface area is 145 Å². The summed E-state index contributed by atoms with van der Waals surface area (Å²) in [4.78, 5) is 11.8. The first-order valence-electron chi connectivity index (χ1n) is 7.59. The zero-order chi connectivity index (χ0) is 18.4. The van der Waals surface area contributed by atoms with E-state index in [1.54, 1.807) is 19.1 Å². The van der Waals surface area contributed by atoms with Crippen molar-refractivity contribution in [2.45, 2.75) is 17.9 Å². The maximum absolute atomic E-state index is 12.5. The van der Waals surface area contributed by atoms with Crippen LogP contribution < -0.4 is 10.0 Å². The molecule has 0 aliphatic rings. The van der Waals surface area contributed by atoms with Crippen LogP contribution in [0.3, 0.4) is 0 Å². The van der Waals surface area contributed by atoms with Crippen LogP contribution in [0.1, 0.15) is 28.9 Å². The smallest absolute Gasteiger partial charge is 0.251 e. The lowest BCUT2D eigenvalue weighted by Crippen LogP contribution is -2.28. The summed E-state index contributed by atoms with van der Waals surface area (Å²) in [6, 6.07) is 11.1. The van der Waals surface area contributed by atoms with Crippen molar-refractivity contribution in [1.29, 1.82) is 0 Å². The zero-order valence-electron chi connectivity index (χ0n) is 13.6. The van der Waals surface area contributed by atoms with Gasteiger partial charge in [-0.05, 0) is 42.8 Å². The number of carbonyl (C=O) groups excluding carboxylic acids is 1. The molecular weight excluding hydrogens is 347 g/mol. The molecule has 6 nitrogen and oxygen atoms in total. The van der Waals surface area contributed by atoms with Crippen LogP contribution in [-0.2, 0) is 10.0 Å². The Bertz CT molecular complexity index is 838. The first-order chi connectivity index (χ1) is 11.8. The summed E-state index contributed by atoms with van der Waals surface area (Å²) in [7, 11) is -3.86. The Morgan fingerprint density at radius 1 is 1.20 bits per heavy atom. The van der Waals surface area contributed by atoms with Crippen LogP contribution in [0.4, 0.5) is 4.39 Å².